The predicted molar refractivity (Wildman–Crippen MR) is 71.6 cm³/mol. The third kappa shape index (κ3) is 4.53. The maximum Gasteiger partial charge on any atom is 0.188 e. The van der Waals surface area contributed by atoms with Crippen molar-refractivity contribution in [2.45, 2.75) is 19.9 Å². The normalized spacial score (nSPS) is 11.4. The highest BCUT2D eigenvalue weighted by Crippen LogP contribution is 2.23. The standard InChI is InChI=1S/C12H18ClN3O/c1-3-6-15-12(14)16-8-9-4-5-10(13)7-11(9)17-2/h4-5,7H,3,6,8H2,1-2H3,(H3,14,15,16). The molecule has 0 saturated carbocycles. The highest BCUT2D eigenvalue weighted by Gasteiger charge is 2.03. The molecule has 1 aromatic rings. The van der Waals surface area contributed by atoms with E-state index in [0.717, 1.165) is 24.3 Å². The molecular formula is C12H18ClN3O. The van der Waals surface area contributed by atoms with Gasteiger partial charge < -0.3 is 15.8 Å². The van der Waals surface area contributed by atoms with Gasteiger partial charge in [-0.1, -0.05) is 24.6 Å². The minimum atomic E-state index is 0.448. The summed E-state index contributed by atoms with van der Waals surface area (Å²) in [6, 6.07) is 5.46. The SMILES string of the molecule is CCCNC(N)=NCc1ccc(Cl)cc1OC. The summed E-state index contributed by atoms with van der Waals surface area (Å²) in [5.41, 5.74) is 6.66. The molecular weight excluding hydrogens is 238 g/mol. The number of nitrogens with zero attached hydrogens (tertiary/aromatic N) is 1. The highest BCUT2D eigenvalue weighted by molar-refractivity contribution is 6.30. The number of nitrogens with two attached hydrogens (primary N) is 1. The fourth-order valence-electron chi connectivity index (χ4n) is 1.33. The summed E-state index contributed by atoms with van der Waals surface area (Å²) in [4.78, 5) is 4.23. The molecule has 3 N–H and O–H groups in total. The van der Waals surface area contributed by atoms with Gasteiger partial charge in [0.05, 0.1) is 13.7 Å². The topological polar surface area (TPSA) is 59.6 Å². The van der Waals surface area contributed by atoms with E-state index in [1.54, 1.807) is 13.2 Å². The molecule has 0 spiro atoms. The number of rotatable bonds is 5. The number of benzene rings is 1. The van der Waals surface area contributed by atoms with Crippen molar-refractivity contribution in [2.75, 3.05) is 13.7 Å². The van der Waals surface area contributed by atoms with Crippen LogP contribution >= 0.6 is 11.6 Å². The molecule has 0 atom stereocenters. The van der Waals surface area contributed by atoms with Crippen molar-refractivity contribution in [3.63, 3.8) is 0 Å². The van der Waals surface area contributed by atoms with Gasteiger partial charge in [0, 0.05) is 17.1 Å². The summed E-state index contributed by atoms with van der Waals surface area (Å²) in [6.07, 6.45) is 1.01. The summed E-state index contributed by atoms with van der Waals surface area (Å²) >= 11 is 5.87. The number of hydrogen-bond acceptors (Lipinski definition) is 2. The molecule has 0 aromatic heterocycles. The first-order valence-electron chi connectivity index (χ1n) is 5.53. The molecule has 0 fully saturated rings. The highest BCUT2D eigenvalue weighted by atomic mass is 35.5. The minimum absolute atomic E-state index is 0.448. The van der Waals surface area contributed by atoms with E-state index in [0.29, 0.717) is 17.5 Å². The van der Waals surface area contributed by atoms with E-state index in [-0.39, 0.29) is 0 Å². The summed E-state index contributed by atoms with van der Waals surface area (Å²) in [5, 5.41) is 3.66. The van der Waals surface area contributed by atoms with Gasteiger partial charge in [-0.3, -0.25) is 0 Å². The average molecular weight is 256 g/mol. The Bertz CT molecular complexity index is 393. The average Bonchev–Trinajstić information content (AvgIpc) is 2.34. The minimum Gasteiger partial charge on any atom is -0.496 e. The van der Waals surface area contributed by atoms with Crippen LogP contribution in [0.4, 0.5) is 0 Å². The maximum absolute atomic E-state index is 5.87. The van der Waals surface area contributed by atoms with Gasteiger partial charge in [-0.05, 0) is 18.6 Å². The van der Waals surface area contributed by atoms with Gasteiger partial charge in [-0.15, -0.1) is 0 Å². The number of aliphatic imine (C=N–C) groups is 1. The number of halogens is 1. The molecule has 0 aliphatic heterocycles. The quantitative estimate of drug-likeness (QED) is 0.626. The van der Waals surface area contributed by atoms with Crippen LogP contribution in [-0.4, -0.2) is 19.6 Å². The van der Waals surface area contributed by atoms with E-state index in [4.69, 9.17) is 22.1 Å². The zero-order chi connectivity index (χ0) is 12.7. The van der Waals surface area contributed by atoms with Gasteiger partial charge in [0.1, 0.15) is 5.75 Å². The van der Waals surface area contributed by atoms with E-state index < -0.39 is 0 Å². The summed E-state index contributed by atoms with van der Waals surface area (Å²) < 4.78 is 5.22. The second kappa shape index (κ2) is 7.01. The molecule has 0 amide bonds. The molecule has 0 unspecified atom stereocenters. The molecule has 0 radical (unpaired) electrons. The van der Waals surface area contributed by atoms with Crippen molar-refractivity contribution in [1.29, 1.82) is 0 Å². The molecule has 94 valence electrons. The Hall–Kier alpha value is -1.42. The van der Waals surface area contributed by atoms with Crippen LogP contribution in [0.5, 0.6) is 5.75 Å². The van der Waals surface area contributed by atoms with Crippen molar-refractivity contribution in [3.8, 4) is 5.75 Å². The molecule has 0 saturated heterocycles. The van der Waals surface area contributed by atoms with E-state index in [9.17, 15) is 0 Å². The second-order valence-corrected chi connectivity index (χ2v) is 4.02. The molecule has 5 heteroatoms. The van der Waals surface area contributed by atoms with Crippen molar-refractivity contribution in [1.82, 2.24) is 5.32 Å². The Morgan fingerprint density at radius 3 is 2.94 bits per heavy atom. The molecule has 1 aromatic carbocycles. The van der Waals surface area contributed by atoms with Gasteiger partial charge >= 0.3 is 0 Å². The number of methoxy groups -OCH3 is 1. The second-order valence-electron chi connectivity index (χ2n) is 3.58. The van der Waals surface area contributed by atoms with Crippen LogP contribution in [0.2, 0.25) is 5.02 Å². The molecule has 4 nitrogen and oxygen atoms in total. The lowest BCUT2D eigenvalue weighted by molar-refractivity contribution is 0.410. The fraction of sp³-hybridized carbons (Fsp3) is 0.417. The lowest BCUT2D eigenvalue weighted by Crippen LogP contribution is -2.32. The fourth-order valence-corrected chi connectivity index (χ4v) is 1.49. The smallest absolute Gasteiger partial charge is 0.188 e. The number of hydrogen-bond donors (Lipinski definition) is 2. The van der Waals surface area contributed by atoms with E-state index in [1.807, 2.05) is 12.1 Å². The van der Waals surface area contributed by atoms with Crippen molar-refractivity contribution in [2.24, 2.45) is 10.7 Å². The van der Waals surface area contributed by atoms with Crippen LogP contribution in [0.15, 0.2) is 23.2 Å². The van der Waals surface area contributed by atoms with Gasteiger partial charge in [0.15, 0.2) is 5.96 Å². The lowest BCUT2D eigenvalue weighted by Gasteiger charge is -2.08. The maximum atomic E-state index is 5.87. The van der Waals surface area contributed by atoms with Crippen LogP contribution in [-0.2, 0) is 6.54 Å². The number of ether oxygens (including phenoxy) is 1. The molecule has 1 rings (SSSR count). The van der Waals surface area contributed by atoms with Crippen LogP contribution in [0.25, 0.3) is 0 Å². The molecule has 0 heterocycles. The zero-order valence-corrected chi connectivity index (χ0v) is 10.9. The first-order valence-corrected chi connectivity index (χ1v) is 5.91. The van der Waals surface area contributed by atoms with Gasteiger partial charge in [0.25, 0.3) is 0 Å². The summed E-state index contributed by atoms with van der Waals surface area (Å²) in [6.45, 7) is 3.37. The Kier molecular flexibility index (Phi) is 5.63. The summed E-state index contributed by atoms with van der Waals surface area (Å²) in [5.74, 6) is 1.17. The lowest BCUT2D eigenvalue weighted by atomic mass is 10.2. The Morgan fingerprint density at radius 2 is 2.29 bits per heavy atom. The van der Waals surface area contributed by atoms with Crippen LogP contribution in [0.1, 0.15) is 18.9 Å². The largest absolute Gasteiger partial charge is 0.496 e. The van der Waals surface area contributed by atoms with Gasteiger partial charge in [-0.2, -0.15) is 0 Å². The zero-order valence-electron chi connectivity index (χ0n) is 10.2. The van der Waals surface area contributed by atoms with Crippen molar-refractivity contribution < 1.29 is 4.74 Å². The Labute approximate surface area is 107 Å². The number of nitrogens with one attached hydrogen (secondary N) is 1. The first kappa shape index (κ1) is 13.6. The Morgan fingerprint density at radius 1 is 1.53 bits per heavy atom. The van der Waals surface area contributed by atoms with Gasteiger partial charge in [0.2, 0.25) is 0 Å². The van der Waals surface area contributed by atoms with Crippen LogP contribution < -0.4 is 15.8 Å². The number of guanidine groups is 1. The van der Waals surface area contributed by atoms with Crippen LogP contribution in [0.3, 0.4) is 0 Å². The Balaban J connectivity index is 2.68. The van der Waals surface area contributed by atoms with E-state index >= 15 is 0 Å². The van der Waals surface area contributed by atoms with Crippen molar-refractivity contribution >= 4 is 17.6 Å². The molecule has 0 aliphatic rings. The van der Waals surface area contributed by atoms with Gasteiger partial charge in [-0.25, -0.2) is 4.99 Å². The predicted octanol–water partition coefficient (Wildman–Crippen LogP) is 2.16. The molecule has 0 aliphatic carbocycles. The van der Waals surface area contributed by atoms with E-state index in [1.165, 1.54) is 0 Å². The summed E-state index contributed by atoms with van der Waals surface area (Å²) in [7, 11) is 1.61. The molecule has 0 bridgehead atoms. The van der Waals surface area contributed by atoms with Crippen LogP contribution in [0, 0.1) is 0 Å². The molecule has 17 heavy (non-hydrogen) atoms. The third-order valence-corrected chi connectivity index (χ3v) is 2.46. The first-order chi connectivity index (χ1) is 8.17. The van der Waals surface area contributed by atoms with E-state index in [2.05, 4.69) is 17.2 Å². The monoisotopic (exact) mass is 255 g/mol. The third-order valence-electron chi connectivity index (χ3n) is 2.22. The van der Waals surface area contributed by atoms with Crippen molar-refractivity contribution in [3.05, 3.63) is 28.8 Å².